The maximum absolute atomic E-state index is 11.5. The summed E-state index contributed by atoms with van der Waals surface area (Å²) >= 11 is 0. The fourth-order valence-electron chi connectivity index (χ4n) is 1.87. The van der Waals surface area contributed by atoms with Crippen molar-refractivity contribution in [1.82, 2.24) is 0 Å². The number of allylic oxidation sites excluding steroid dienone is 3. The Balaban J connectivity index is 5.38. The molecule has 6 heteroatoms. The molecule has 0 saturated carbocycles. The van der Waals surface area contributed by atoms with E-state index < -0.39 is 24.0 Å². The third-order valence-corrected chi connectivity index (χ3v) is 3.06. The van der Waals surface area contributed by atoms with Gasteiger partial charge in [0.2, 0.25) is 0 Å². The first-order valence-corrected chi connectivity index (χ1v) is 8.60. The van der Waals surface area contributed by atoms with Crippen LogP contribution in [-0.2, 0) is 28.6 Å². The summed E-state index contributed by atoms with van der Waals surface area (Å²) in [5.41, 5.74) is 2.45. The second-order valence-corrected chi connectivity index (χ2v) is 6.10. The first-order valence-electron chi connectivity index (χ1n) is 8.60. The summed E-state index contributed by atoms with van der Waals surface area (Å²) in [4.78, 5) is 33.6. The normalized spacial score (nSPS) is 12.2. The SMILES string of the molecule is CC(=O)OC=C(CCOC(C)=O)[C@H](CC=C(C)C#CC=C(C)C)OC(C)=O. The van der Waals surface area contributed by atoms with Crippen LogP contribution in [-0.4, -0.2) is 30.6 Å². The standard InChI is InChI=1S/C21H28O6/c1-15(2)8-7-9-16(3)10-11-21(27-19(6)24)20(14-26-18(5)23)12-13-25-17(4)22/h8,10,14,21H,11-13H2,1-6H3/t21-/m0/s1. The van der Waals surface area contributed by atoms with Gasteiger partial charge in [-0.3, -0.25) is 14.4 Å². The highest BCUT2D eigenvalue weighted by Gasteiger charge is 2.18. The third-order valence-electron chi connectivity index (χ3n) is 3.06. The molecule has 0 saturated heterocycles. The van der Waals surface area contributed by atoms with Gasteiger partial charge in [0.05, 0.1) is 12.9 Å². The number of carbonyl (C=O) groups excluding carboxylic acids is 3. The molecule has 1 atom stereocenters. The molecular weight excluding hydrogens is 348 g/mol. The van der Waals surface area contributed by atoms with E-state index in [0.717, 1.165) is 11.1 Å². The highest BCUT2D eigenvalue weighted by atomic mass is 16.6. The first kappa shape index (κ1) is 24.2. The minimum Gasteiger partial charge on any atom is -0.466 e. The van der Waals surface area contributed by atoms with Crippen molar-refractivity contribution in [3.8, 4) is 11.8 Å². The fourth-order valence-corrected chi connectivity index (χ4v) is 1.87. The van der Waals surface area contributed by atoms with Crippen LogP contribution >= 0.6 is 0 Å². The third kappa shape index (κ3) is 14.1. The van der Waals surface area contributed by atoms with Gasteiger partial charge in [-0.2, -0.15) is 0 Å². The predicted molar refractivity (Wildman–Crippen MR) is 102 cm³/mol. The minimum absolute atomic E-state index is 0.0866. The van der Waals surface area contributed by atoms with Crippen LogP contribution in [0.1, 0.15) is 54.4 Å². The highest BCUT2D eigenvalue weighted by molar-refractivity contribution is 5.67. The average Bonchev–Trinajstić information content (AvgIpc) is 2.53. The molecule has 0 aromatic heterocycles. The maximum Gasteiger partial charge on any atom is 0.307 e. The van der Waals surface area contributed by atoms with Gasteiger partial charge < -0.3 is 14.2 Å². The molecular formula is C21H28O6. The largest absolute Gasteiger partial charge is 0.466 e. The van der Waals surface area contributed by atoms with Gasteiger partial charge in [-0.15, -0.1) is 0 Å². The molecule has 0 unspecified atom stereocenters. The molecule has 0 radical (unpaired) electrons. The lowest BCUT2D eigenvalue weighted by Gasteiger charge is -2.19. The maximum atomic E-state index is 11.5. The van der Waals surface area contributed by atoms with E-state index in [0.29, 0.717) is 12.0 Å². The Morgan fingerprint density at radius 2 is 1.63 bits per heavy atom. The van der Waals surface area contributed by atoms with Crippen molar-refractivity contribution in [2.24, 2.45) is 0 Å². The van der Waals surface area contributed by atoms with Crippen LogP contribution in [0.4, 0.5) is 0 Å². The summed E-state index contributed by atoms with van der Waals surface area (Å²) < 4.78 is 15.2. The Labute approximate surface area is 161 Å². The average molecular weight is 376 g/mol. The van der Waals surface area contributed by atoms with Crippen LogP contribution in [0.5, 0.6) is 0 Å². The van der Waals surface area contributed by atoms with Crippen molar-refractivity contribution in [2.75, 3.05) is 6.61 Å². The molecule has 148 valence electrons. The summed E-state index contributed by atoms with van der Waals surface area (Å²) in [6.07, 6.45) is 4.86. The van der Waals surface area contributed by atoms with Crippen LogP contribution in [0.3, 0.4) is 0 Å². The Hall–Kier alpha value is -2.81. The van der Waals surface area contributed by atoms with E-state index in [9.17, 15) is 14.4 Å². The number of ether oxygens (including phenoxy) is 3. The van der Waals surface area contributed by atoms with Gasteiger partial charge in [-0.25, -0.2) is 0 Å². The second kappa shape index (κ2) is 13.4. The molecule has 0 aliphatic rings. The van der Waals surface area contributed by atoms with Crippen LogP contribution in [0.15, 0.2) is 35.1 Å². The van der Waals surface area contributed by atoms with E-state index in [1.165, 1.54) is 27.0 Å². The van der Waals surface area contributed by atoms with Gasteiger partial charge in [0.15, 0.2) is 0 Å². The topological polar surface area (TPSA) is 78.9 Å². The number of esters is 3. The molecule has 0 N–H and O–H groups in total. The minimum atomic E-state index is -0.655. The summed E-state index contributed by atoms with van der Waals surface area (Å²) in [5.74, 6) is 4.54. The van der Waals surface area contributed by atoms with E-state index >= 15 is 0 Å². The summed E-state index contributed by atoms with van der Waals surface area (Å²) in [6, 6.07) is 0. The Kier molecular flexibility index (Phi) is 12.0. The number of hydrogen-bond donors (Lipinski definition) is 0. The second-order valence-electron chi connectivity index (χ2n) is 6.10. The lowest BCUT2D eigenvalue weighted by atomic mass is 10.0. The molecule has 27 heavy (non-hydrogen) atoms. The van der Waals surface area contributed by atoms with Crippen molar-refractivity contribution in [1.29, 1.82) is 0 Å². The van der Waals surface area contributed by atoms with Crippen molar-refractivity contribution in [2.45, 2.75) is 60.5 Å². The van der Waals surface area contributed by atoms with E-state index in [4.69, 9.17) is 14.2 Å². The lowest BCUT2D eigenvalue weighted by Crippen LogP contribution is -2.20. The van der Waals surface area contributed by atoms with E-state index in [1.807, 2.05) is 32.9 Å². The zero-order valence-electron chi connectivity index (χ0n) is 16.9. The molecule has 6 nitrogen and oxygen atoms in total. The molecule has 0 rings (SSSR count). The Morgan fingerprint density at radius 3 is 2.15 bits per heavy atom. The fraction of sp³-hybridized carbons (Fsp3) is 0.476. The number of hydrogen-bond acceptors (Lipinski definition) is 6. The predicted octanol–water partition coefficient (Wildman–Crippen LogP) is 3.62. The van der Waals surface area contributed by atoms with Crippen LogP contribution in [0.25, 0.3) is 0 Å². The van der Waals surface area contributed by atoms with E-state index in [-0.39, 0.29) is 13.0 Å². The molecule has 0 aliphatic heterocycles. The Morgan fingerprint density at radius 1 is 0.963 bits per heavy atom. The summed E-state index contributed by atoms with van der Waals surface area (Å²) in [6.45, 7) is 9.72. The molecule has 0 bridgehead atoms. The molecule has 0 aromatic carbocycles. The number of carbonyl (C=O) groups is 3. The molecule has 0 spiro atoms. The van der Waals surface area contributed by atoms with Gasteiger partial charge in [-0.1, -0.05) is 23.5 Å². The molecule has 0 aromatic rings. The van der Waals surface area contributed by atoms with Crippen molar-refractivity contribution in [3.05, 3.63) is 35.1 Å². The zero-order chi connectivity index (χ0) is 20.8. The van der Waals surface area contributed by atoms with Crippen molar-refractivity contribution in [3.63, 3.8) is 0 Å². The van der Waals surface area contributed by atoms with Gasteiger partial charge in [0.1, 0.15) is 6.10 Å². The van der Waals surface area contributed by atoms with Crippen molar-refractivity contribution >= 4 is 17.9 Å². The first-order chi connectivity index (χ1) is 12.6. The van der Waals surface area contributed by atoms with Crippen molar-refractivity contribution < 1.29 is 28.6 Å². The van der Waals surface area contributed by atoms with Crippen LogP contribution in [0.2, 0.25) is 0 Å². The van der Waals surface area contributed by atoms with E-state index in [2.05, 4.69) is 11.8 Å². The van der Waals surface area contributed by atoms with Gasteiger partial charge in [0, 0.05) is 39.2 Å². The molecule has 0 fully saturated rings. The molecule has 0 amide bonds. The van der Waals surface area contributed by atoms with E-state index in [1.54, 1.807) is 0 Å². The Bertz CT molecular complexity index is 681. The smallest absolute Gasteiger partial charge is 0.307 e. The summed E-state index contributed by atoms with van der Waals surface area (Å²) in [7, 11) is 0. The monoisotopic (exact) mass is 376 g/mol. The van der Waals surface area contributed by atoms with Gasteiger partial charge in [0.25, 0.3) is 0 Å². The quantitative estimate of drug-likeness (QED) is 0.279. The van der Waals surface area contributed by atoms with Gasteiger partial charge >= 0.3 is 17.9 Å². The molecule has 0 heterocycles. The van der Waals surface area contributed by atoms with Crippen LogP contribution < -0.4 is 0 Å². The summed E-state index contributed by atoms with van der Waals surface area (Å²) in [5, 5.41) is 0. The number of rotatable bonds is 8. The van der Waals surface area contributed by atoms with Crippen LogP contribution in [0, 0.1) is 11.8 Å². The molecule has 0 aliphatic carbocycles. The van der Waals surface area contributed by atoms with Gasteiger partial charge in [-0.05, 0) is 32.4 Å². The zero-order valence-corrected chi connectivity index (χ0v) is 16.9. The highest BCUT2D eigenvalue weighted by Crippen LogP contribution is 2.18. The lowest BCUT2D eigenvalue weighted by molar-refractivity contribution is -0.145.